The SMILES string of the molecule is COc1ccc(CNC(=O)c2cnc(Cl)c(Cl)c2)cc1. The quantitative estimate of drug-likeness (QED) is 0.881. The molecule has 1 amide bonds. The molecular formula is C14H12Cl2N2O2. The summed E-state index contributed by atoms with van der Waals surface area (Å²) in [5.74, 6) is 0.514. The average Bonchev–Trinajstić information content (AvgIpc) is 2.48. The highest BCUT2D eigenvalue weighted by Crippen LogP contribution is 2.19. The molecule has 0 fully saturated rings. The summed E-state index contributed by atoms with van der Waals surface area (Å²) in [6.07, 6.45) is 1.39. The van der Waals surface area contributed by atoms with E-state index >= 15 is 0 Å². The second-order valence-electron chi connectivity index (χ2n) is 4.03. The molecule has 0 aliphatic rings. The van der Waals surface area contributed by atoms with Gasteiger partial charge in [-0.3, -0.25) is 4.79 Å². The summed E-state index contributed by atoms with van der Waals surface area (Å²) < 4.78 is 5.07. The molecule has 1 N–H and O–H groups in total. The lowest BCUT2D eigenvalue weighted by Gasteiger charge is -2.06. The first-order chi connectivity index (χ1) is 9.60. The van der Waals surface area contributed by atoms with Gasteiger partial charge in [0.15, 0.2) is 0 Å². The second-order valence-corrected chi connectivity index (χ2v) is 4.79. The van der Waals surface area contributed by atoms with Gasteiger partial charge in [0.25, 0.3) is 5.91 Å². The van der Waals surface area contributed by atoms with Gasteiger partial charge in [0.1, 0.15) is 10.9 Å². The molecule has 4 nitrogen and oxygen atoms in total. The summed E-state index contributed by atoms with van der Waals surface area (Å²) in [5.41, 5.74) is 1.33. The molecule has 0 aliphatic carbocycles. The molecule has 6 heteroatoms. The number of halogens is 2. The van der Waals surface area contributed by atoms with Gasteiger partial charge in [0, 0.05) is 12.7 Å². The zero-order valence-electron chi connectivity index (χ0n) is 10.7. The van der Waals surface area contributed by atoms with E-state index in [1.54, 1.807) is 7.11 Å². The molecule has 104 valence electrons. The van der Waals surface area contributed by atoms with Gasteiger partial charge in [-0.1, -0.05) is 35.3 Å². The van der Waals surface area contributed by atoms with Crippen molar-refractivity contribution < 1.29 is 9.53 Å². The normalized spacial score (nSPS) is 10.2. The molecule has 0 saturated carbocycles. The molecular weight excluding hydrogens is 299 g/mol. The molecule has 1 aromatic heterocycles. The lowest BCUT2D eigenvalue weighted by Crippen LogP contribution is -2.22. The summed E-state index contributed by atoms with van der Waals surface area (Å²) >= 11 is 11.5. The number of amides is 1. The fourth-order valence-corrected chi connectivity index (χ4v) is 1.84. The van der Waals surface area contributed by atoms with Crippen LogP contribution in [0.5, 0.6) is 5.75 Å². The largest absolute Gasteiger partial charge is 0.497 e. The van der Waals surface area contributed by atoms with Gasteiger partial charge in [-0.25, -0.2) is 4.98 Å². The van der Waals surface area contributed by atoms with Crippen LogP contribution in [0.15, 0.2) is 36.5 Å². The lowest BCUT2D eigenvalue weighted by atomic mass is 10.2. The number of benzene rings is 1. The van der Waals surface area contributed by atoms with Crippen molar-refractivity contribution in [3.8, 4) is 5.75 Å². The fraction of sp³-hybridized carbons (Fsp3) is 0.143. The molecule has 0 bridgehead atoms. The predicted octanol–water partition coefficient (Wildman–Crippen LogP) is 3.33. The van der Waals surface area contributed by atoms with Crippen LogP contribution >= 0.6 is 23.2 Å². The third-order valence-corrected chi connectivity index (χ3v) is 3.36. The molecule has 0 saturated heterocycles. The predicted molar refractivity (Wildman–Crippen MR) is 78.4 cm³/mol. The maximum atomic E-state index is 11.9. The maximum Gasteiger partial charge on any atom is 0.253 e. The Kier molecular flexibility index (Phi) is 4.82. The molecule has 1 aromatic carbocycles. The Morgan fingerprint density at radius 1 is 1.30 bits per heavy atom. The number of carbonyl (C=O) groups is 1. The highest BCUT2D eigenvalue weighted by atomic mass is 35.5. The summed E-state index contributed by atoms with van der Waals surface area (Å²) in [6.45, 7) is 0.406. The molecule has 0 spiro atoms. The van der Waals surface area contributed by atoms with E-state index in [0.29, 0.717) is 12.1 Å². The highest BCUT2D eigenvalue weighted by molar-refractivity contribution is 6.41. The van der Waals surface area contributed by atoms with Gasteiger partial charge in [-0.15, -0.1) is 0 Å². The van der Waals surface area contributed by atoms with Crippen LogP contribution in [0, 0.1) is 0 Å². The van der Waals surface area contributed by atoms with Crippen molar-refractivity contribution in [2.24, 2.45) is 0 Å². The van der Waals surface area contributed by atoms with Crippen LogP contribution in [-0.4, -0.2) is 18.0 Å². The fourth-order valence-electron chi connectivity index (χ4n) is 1.57. The van der Waals surface area contributed by atoms with E-state index in [-0.39, 0.29) is 16.1 Å². The molecule has 0 aliphatic heterocycles. The van der Waals surface area contributed by atoms with Crippen LogP contribution in [0.1, 0.15) is 15.9 Å². The Balaban J connectivity index is 1.98. The topological polar surface area (TPSA) is 51.2 Å². The molecule has 0 atom stereocenters. The summed E-state index contributed by atoms with van der Waals surface area (Å²) in [4.78, 5) is 15.8. The van der Waals surface area contributed by atoms with Crippen molar-refractivity contribution in [2.75, 3.05) is 7.11 Å². The van der Waals surface area contributed by atoms with Gasteiger partial charge in [-0.2, -0.15) is 0 Å². The number of hydrogen-bond donors (Lipinski definition) is 1. The Morgan fingerprint density at radius 3 is 2.60 bits per heavy atom. The molecule has 0 radical (unpaired) electrons. The third kappa shape index (κ3) is 3.62. The van der Waals surface area contributed by atoms with E-state index in [1.807, 2.05) is 24.3 Å². The Labute approximate surface area is 126 Å². The van der Waals surface area contributed by atoms with Gasteiger partial charge >= 0.3 is 0 Å². The second kappa shape index (κ2) is 6.59. The van der Waals surface area contributed by atoms with Gasteiger partial charge in [0.2, 0.25) is 0 Å². The van der Waals surface area contributed by atoms with Crippen molar-refractivity contribution in [3.63, 3.8) is 0 Å². The average molecular weight is 311 g/mol. The minimum atomic E-state index is -0.258. The van der Waals surface area contributed by atoms with Crippen molar-refractivity contribution in [1.29, 1.82) is 0 Å². The van der Waals surface area contributed by atoms with E-state index in [0.717, 1.165) is 11.3 Å². The minimum absolute atomic E-state index is 0.179. The molecule has 2 rings (SSSR count). The Morgan fingerprint density at radius 2 is 2.00 bits per heavy atom. The monoisotopic (exact) mass is 310 g/mol. The van der Waals surface area contributed by atoms with Crippen LogP contribution in [0.25, 0.3) is 0 Å². The van der Waals surface area contributed by atoms with E-state index < -0.39 is 0 Å². The van der Waals surface area contributed by atoms with E-state index in [2.05, 4.69) is 10.3 Å². The smallest absolute Gasteiger partial charge is 0.253 e. The number of aromatic nitrogens is 1. The van der Waals surface area contributed by atoms with Crippen LogP contribution in [0.4, 0.5) is 0 Å². The van der Waals surface area contributed by atoms with Crippen LogP contribution in [-0.2, 0) is 6.54 Å². The number of nitrogens with zero attached hydrogens (tertiary/aromatic N) is 1. The first kappa shape index (κ1) is 14.6. The Hall–Kier alpha value is -1.78. The number of ether oxygens (including phenoxy) is 1. The van der Waals surface area contributed by atoms with Gasteiger partial charge < -0.3 is 10.1 Å². The molecule has 20 heavy (non-hydrogen) atoms. The minimum Gasteiger partial charge on any atom is -0.497 e. The van der Waals surface area contributed by atoms with Gasteiger partial charge in [0.05, 0.1) is 17.7 Å². The lowest BCUT2D eigenvalue weighted by molar-refractivity contribution is 0.0950. The Bertz CT molecular complexity index is 615. The summed E-state index contributed by atoms with van der Waals surface area (Å²) in [6, 6.07) is 8.92. The maximum absolute atomic E-state index is 11.9. The zero-order valence-corrected chi connectivity index (χ0v) is 12.2. The van der Waals surface area contributed by atoms with Crippen molar-refractivity contribution in [3.05, 3.63) is 57.8 Å². The molecule has 1 heterocycles. The first-order valence-corrected chi connectivity index (χ1v) is 6.58. The number of rotatable bonds is 4. The first-order valence-electron chi connectivity index (χ1n) is 5.82. The van der Waals surface area contributed by atoms with Crippen molar-refractivity contribution in [2.45, 2.75) is 6.54 Å². The van der Waals surface area contributed by atoms with Crippen molar-refractivity contribution >= 4 is 29.1 Å². The zero-order chi connectivity index (χ0) is 14.5. The standard InChI is InChI=1S/C14H12Cl2N2O2/c1-20-11-4-2-9(3-5-11)7-18-14(19)10-6-12(15)13(16)17-8-10/h2-6,8H,7H2,1H3,(H,18,19). The number of nitrogens with one attached hydrogen (secondary N) is 1. The van der Waals surface area contributed by atoms with Crippen LogP contribution < -0.4 is 10.1 Å². The van der Waals surface area contributed by atoms with E-state index in [1.165, 1.54) is 12.3 Å². The highest BCUT2D eigenvalue weighted by Gasteiger charge is 2.08. The van der Waals surface area contributed by atoms with Crippen LogP contribution in [0.2, 0.25) is 10.2 Å². The van der Waals surface area contributed by atoms with E-state index in [9.17, 15) is 4.79 Å². The number of carbonyl (C=O) groups excluding carboxylic acids is 1. The number of methoxy groups -OCH3 is 1. The van der Waals surface area contributed by atoms with Crippen molar-refractivity contribution in [1.82, 2.24) is 10.3 Å². The molecule has 0 unspecified atom stereocenters. The van der Waals surface area contributed by atoms with Gasteiger partial charge in [-0.05, 0) is 23.8 Å². The number of hydrogen-bond acceptors (Lipinski definition) is 3. The third-order valence-electron chi connectivity index (χ3n) is 2.67. The molecule has 2 aromatic rings. The summed E-state index contributed by atoms with van der Waals surface area (Å²) in [7, 11) is 1.61. The van der Waals surface area contributed by atoms with Crippen LogP contribution in [0.3, 0.4) is 0 Å². The summed E-state index contributed by atoms with van der Waals surface area (Å²) in [5, 5.41) is 3.21. The number of pyridine rings is 1. The van der Waals surface area contributed by atoms with E-state index in [4.69, 9.17) is 27.9 Å².